The molecule has 0 aliphatic carbocycles. The Morgan fingerprint density at radius 3 is 2.42 bits per heavy atom. The second-order valence-electron chi connectivity index (χ2n) is 9.47. The molecule has 3 heterocycles. The predicted molar refractivity (Wildman–Crippen MR) is 129 cm³/mol. The molecule has 1 spiro atoms. The van der Waals surface area contributed by atoms with Crippen molar-refractivity contribution in [2.24, 2.45) is 0 Å². The third kappa shape index (κ3) is 4.73. The van der Waals surface area contributed by atoms with Crippen LogP contribution in [0.4, 0.5) is 4.39 Å². The highest BCUT2D eigenvalue weighted by atomic mass is 19.1. The minimum Gasteiger partial charge on any atom is -0.376 e. The number of carbonyl (C=O) groups is 3. The first-order valence-corrected chi connectivity index (χ1v) is 12.4. The quantitative estimate of drug-likeness (QED) is 0.689. The number of nitrogens with one attached hydrogen (secondary N) is 1. The normalized spacial score (nSPS) is 23.1. The number of amides is 3. The van der Waals surface area contributed by atoms with E-state index >= 15 is 0 Å². The van der Waals surface area contributed by atoms with Crippen LogP contribution in [0, 0.1) is 5.82 Å². The first kappa shape index (κ1) is 24.4. The third-order valence-electron chi connectivity index (χ3n) is 7.27. The molecular weight excluding hydrogens is 465 g/mol. The van der Waals surface area contributed by atoms with Gasteiger partial charge < -0.3 is 19.7 Å². The van der Waals surface area contributed by atoms with Crippen molar-refractivity contribution in [3.8, 4) is 0 Å². The maximum Gasteiger partial charge on any atom is 0.256 e. The van der Waals surface area contributed by atoms with Crippen LogP contribution < -0.4 is 5.32 Å². The summed E-state index contributed by atoms with van der Waals surface area (Å²) in [5.41, 5.74) is -0.543. The number of likely N-dealkylation sites (tertiary alicyclic amines) is 1. The van der Waals surface area contributed by atoms with Crippen molar-refractivity contribution < 1.29 is 28.2 Å². The van der Waals surface area contributed by atoms with Crippen molar-refractivity contribution in [3.63, 3.8) is 0 Å². The van der Waals surface area contributed by atoms with E-state index in [1.807, 2.05) is 6.07 Å². The van der Waals surface area contributed by atoms with Gasteiger partial charge in [0.15, 0.2) is 0 Å². The summed E-state index contributed by atoms with van der Waals surface area (Å²) >= 11 is 0. The summed E-state index contributed by atoms with van der Waals surface area (Å²) in [5.74, 6) is -1.53. The third-order valence-corrected chi connectivity index (χ3v) is 7.27. The van der Waals surface area contributed by atoms with Crippen molar-refractivity contribution in [3.05, 3.63) is 71.5 Å². The van der Waals surface area contributed by atoms with Crippen LogP contribution in [0.25, 0.3) is 0 Å². The highest BCUT2D eigenvalue weighted by Gasteiger charge is 2.54. The minimum absolute atomic E-state index is 0.0175. The van der Waals surface area contributed by atoms with Gasteiger partial charge in [0.1, 0.15) is 17.6 Å². The number of nitrogens with zero attached hydrogens (tertiary/aromatic N) is 2. The van der Waals surface area contributed by atoms with Crippen molar-refractivity contribution in [2.75, 3.05) is 32.8 Å². The van der Waals surface area contributed by atoms with Crippen LogP contribution in [-0.2, 0) is 14.3 Å². The van der Waals surface area contributed by atoms with Gasteiger partial charge in [-0.1, -0.05) is 30.3 Å². The SMILES string of the molecule is O=C(NC[C@@H]1CCCO1)[C@H]1COC2(CCN(C(=O)c3ccccc3F)CC2)N1C(=O)c1ccccc1. The van der Waals surface area contributed by atoms with Gasteiger partial charge in [-0.25, -0.2) is 4.39 Å². The van der Waals surface area contributed by atoms with Gasteiger partial charge in [-0.15, -0.1) is 0 Å². The second kappa shape index (κ2) is 10.4. The molecule has 0 bridgehead atoms. The summed E-state index contributed by atoms with van der Waals surface area (Å²) < 4.78 is 26.0. The Hall–Kier alpha value is -3.30. The van der Waals surface area contributed by atoms with E-state index in [0.717, 1.165) is 12.8 Å². The van der Waals surface area contributed by atoms with Crippen molar-refractivity contribution in [1.82, 2.24) is 15.1 Å². The molecule has 9 heteroatoms. The van der Waals surface area contributed by atoms with E-state index in [9.17, 15) is 18.8 Å². The van der Waals surface area contributed by atoms with E-state index in [1.54, 1.807) is 46.2 Å². The zero-order valence-corrected chi connectivity index (χ0v) is 20.0. The Morgan fingerprint density at radius 2 is 1.72 bits per heavy atom. The summed E-state index contributed by atoms with van der Waals surface area (Å²) in [5, 5.41) is 2.94. The standard InChI is InChI=1S/C27H30FN3O5/c28-22-11-5-4-10-21(22)26(34)30-14-12-27(13-15-30)31(25(33)19-7-2-1-3-8-19)23(18-36-27)24(32)29-17-20-9-6-16-35-20/h1-5,7-8,10-11,20,23H,6,9,12-18H2,(H,29,32)/t20-,23+/m0/s1. The van der Waals surface area contributed by atoms with Crippen LogP contribution in [0.1, 0.15) is 46.4 Å². The summed E-state index contributed by atoms with van der Waals surface area (Å²) in [6.07, 6.45) is 2.49. The molecule has 0 saturated carbocycles. The molecule has 5 rings (SSSR count). The van der Waals surface area contributed by atoms with Crippen LogP contribution in [-0.4, -0.2) is 78.2 Å². The summed E-state index contributed by atoms with van der Waals surface area (Å²) in [6.45, 7) is 1.70. The molecule has 2 aromatic rings. The average Bonchev–Trinajstić information content (AvgIpc) is 3.56. The van der Waals surface area contributed by atoms with Crippen molar-refractivity contribution in [2.45, 2.75) is 43.6 Å². The van der Waals surface area contributed by atoms with E-state index in [2.05, 4.69) is 5.32 Å². The maximum absolute atomic E-state index is 14.2. The Morgan fingerprint density at radius 1 is 1.00 bits per heavy atom. The van der Waals surface area contributed by atoms with Crippen LogP contribution >= 0.6 is 0 Å². The topological polar surface area (TPSA) is 88.2 Å². The highest BCUT2D eigenvalue weighted by molar-refractivity contribution is 5.98. The van der Waals surface area contributed by atoms with E-state index < -0.39 is 23.5 Å². The Kier molecular flexibility index (Phi) is 7.02. The molecular formula is C27H30FN3O5. The molecule has 190 valence electrons. The van der Waals surface area contributed by atoms with Gasteiger partial charge >= 0.3 is 0 Å². The molecule has 3 saturated heterocycles. The lowest BCUT2D eigenvalue weighted by atomic mass is 9.96. The Labute approximate surface area is 209 Å². The predicted octanol–water partition coefficient (Wildman–Crippen LogP) is 2.59. The fraction of sp³-hybridized carbons (Fsp3) is 0.444. The maximum atomic E-state index is 14.2. The van der Waals surface area contributed by atoms with Gasteiger partial charge in [0.2, 0.25) is 5.91 Å². The first-order chi connectivity index (χ1) is 17.5. The molecule has 2 atom stereocenters. The van der Waals surface area contributed by atoms with Crippen LogP contribution in [0.15, 0.2) is 54.6 Å². The molecule has 3 amide bonds. The molecule has 3 aliphatic heterocycles. The molecule has 2 aromatic carbocycles. The monoisotopic (exact) mass is 495 g/mol. The lowest BCUT2D eigenvalue weighted by Gasteiger charge is -2.44. The van der Waals surface area contributed by atoms with Gasteiger partial charge in [-0.2, -0.15) is 0 Å². The second-order valence-corrected chi connectivity index (χ2v) is 9.47. The smallest absolute Gasteiger partial charge is 0.256 e. The zero-order chi connectivity index (χ0) is 25.1. The van der Waals surface area contributed by atoms with Gasteiger partial charge in [0.25, 0.3) is 11.8 Å². The van der Waals surface area contributed by atoms with Crippen LogP contribution in [0.3, 0.4) is 0 Å². The fourth-order valence-electron chi connectivity index (χ4n) is 5.29. The zero-order valence-electron chi connectivity index (χ0n) is 20.0. The van der Waals surface area contributed by atoms with Gasteiger partial charge in [-0.05, 0) is 37.1 Å². The molecule has 36 heavy (non-hydrogen) atoms. The molecule has 0 unspecified atom stereocenters. The summed E-state index contributed by atoms with van der Waals surface area (Å²) in [6, 6.07) is 13.9. The summed E-state index contributed by atoms with van der Waals surface area (Å²) in [7, 11) is 0. The van der Waals surface area contributed by atoms with E-state index in [4.69, 9.17) is 9.47 Å². The van der Waals surface area contributed by atoms with E-state index in [1.165, 1.54) is 12.1 Å². The average molecular weight is 496 g/mol. The molecule has 0 aromatic heterocycles. The molecule has 8 nitrogen and oxygen atoms in total. The van der Waals surface area contributed by atoms with Crippen LogP contribution in [0.2, 0.25) is 0 Å². The number of rotatable bonds is 5. The molecule has 0 radical (unpaired) electrons. The number of ether oxygens (including phenoxy) is 2. The Bertz CT molecular complexity index is 1110. The number of benzene rings is 2. The first-order valence-electron chi connectivity index (χ1n) is 12.4. The number of piperidine rings is 1. The molecule has 3 fully saturated rings. The van der Waals surface area contributed by atoms with E-state index in [0.29, 0.717) is 31.6 Å². The summed E-state index contributed by atoms with van der Waals surface area (Å²) in [4.78, 5) is 43.0. The Balaban J connectivity index is 1.34. The van der Waals surface area contributed by atoms with Gasteiger partial charge in [0, 0.05) is 44.6 Å². The van der Waals surface area contributed by atoms with E-state index in [-0.39, 0.29) is 43.2 Å². The minimum atomic E-state index is -1.02. The lowest BCUT2D eigenvalue weighted by Crippen LogP contribution is -2.60. The number of halogens is 1. The molecule has 3 aliphatic rings. The van der Waals surface area contributed by atoms with Crippen molar-refractivity contribution in [1.29, 1.82) is 0 Å². The number of carbonyl (C=O) groups excluding carboxylic acids is 3. The number of hydrogen-bond acceptors (Lipinski definition) is 5. The lowest BCUT2D eigenvalue weighted by molar-refractivity contribution is -0.128. The fourth-order valence-corrected chi connectivity index (χ4v) is 5.29. The largest absolute Gasteiger partial charge is 0.376 e. The van der Waals surface area contributed by atoms with Gasteiger partial charge in [-0.3, -0.25) is 19.3 Å². The highest BCUT2D eigenvalue weighted by Crippen LogP contribution is 2.39. The van der Waals surface area contributed by atoms with Gasteiger partial charge in [0.05, 0.1) is 18.3 Å². The van der Waals surface area contributed by atoms with Crippen molar-refractivity contribution >= 4 is 17.7 Å². The van der Waals surface area contributed by atoms with Crippen LogP contribution in [0.5, 0.6) is 0 Å². The molecule has 1 N–H and O–H groups in total. The number of hydrogen-bond donors (Lipinski definition) is 1.